The van der Waals surface area contributed by atoms with Gasteiger partial charge in [-0.1, -0.05) is 54.8 Å². The average molecular weight is 615 g/mol. The van der Waals surface area contributed by atoms with Crippen molar-refractivity contribution in [1.29, 1.82) is 0 Å². The Morgan fingerprint density at radius 2 is 1.70 bits per heavy atom. The highest BCUT2D eigenvalue weighted by Crippen LogP contribution is 2.59. The predicted octanol–water partition coefficient (Wildman–Crippen LogP) is 6.82. The summed E-state index contributed by atoms with van der Waals surface area (Å²) in [4.78, 5) is 26.3. The summed E-state index contributed by atoms with van der Waals surface area (Å²) in [5, 5.41) is 18.7. The summed E-state index contributed by atoms with van der Waals surface area (Å²) in [6, 6.07) is 12.8. The Kier molecular flexibility index (Phi) is 7.20. The van der Waals surface area contributed by atoms with E-state index in [0.717, 1.165) is 36.6 Å². The smallest absolute Gasteiger partial charge is 0.417 e. The minimum Gasteiger partial charge on any atom is -0.509 e. The maximum absolute atomic E-state index is 14.7. The van der Waals surface area contributed by atoms with E-state index >= 15 is 0 Å². The summed E-state index contributed by atoms with van der Waals surface area (Å²) in [5.41, 5.74) is -1.82. The molecular weight excluding hydrogens is 581 g/mol. The van der Waals surface area contributed by atoms with E-state index in [2.05, 4.69) is 10.6 Å². The van der Waals surface area contributed by atoms with Crippen LogP contribution in [0.2, 0.25) is 5.02 Å². The molecule has 4 unspecified atom stereocenters. The number of benzene rings is 2. The highest BCUT2D eigenvalue weighted by Gasteiger charge is 2.67. The number of carbonyl (C=O) groups is 2. The lowest BCUT2D eigenvalue weighted by molar-refractivity contribution is -0.291. The van der Waals surface area contributed by atoms with Crippen LogP contribution < -0.4 is 10.6 Å². The highest BCUT2D eigenvalue weighted by atomic mass is 35.5. The van der Waals surface area contributed by atoms with Gasteiger partial charge in [0.1, 0.15) is 11.3 Å². The Bertz CT molecular complexity index is 1540. The van der Waals surface area contributed by atoms with E-state index in [0.29, 0.717) is 23.4 Å². The zero-order valence-electron chi connectivity index (χ0n) is 24.0. The number of hydrogen-bond donors (Lipinski definition) is 3. The number of halogens is 4. The van der Waals surface area contributed by atoms with Gasteiger partial charge in [-0.3, -0.25) is 9.59 Å². The van der Waals surface area contributed by atoms with Crippen molar-refractivity contribution in [3.05, 3.63) is 76.5 Å². The zero-order chi connectivity index (χ0) is 30.8. The molecule has 2 heterocycles. The molecule has 10 heteroatoms. The van der Waals surface area contributed by atoms with Gasteiger partial charge in [0.05, 0.1) is 11.1 Å². The Labute approximate surface area is 253 Å². The number of amides is 2. The second-order valence-electron chi connectivity index (χ2n) is 12.4. The van der Waals surface area contributed by atoms with Crippen molar-refractivity contribution in [2.24, 2.45) is 11.8 Å². The number of carbonyl (C=O) groups excluding carboxylic acids is 2. The Hall–Kier alpha value is -3.30. The minimum absolute atomic E-state index is 0.0612. The number of rotatable bonds is 4. The Morgan fingerprint density at radius 1 is 0.977 bits per heavy atom. The maximum Gasteiger partial charge on any atom is 0.417 e. The Balaban J connectivity index is 1.50. The first-order valence-electron chi connectivity index (χ1n) is 14.6. The number of aliphatic hydroxyl groups excluding tert-OH is 1. The van der Waals surface area contributed by atoms with E-state index in [9.17, 15) is 27.9 Å². The maximum atomic E-state index is 14.7. The van der Waals surface area contributed by atoms with Crippen molar-refractivity contribution in [1.82, 2.24) is 10.6 Å². The van der Waals surface area contributed by atoms with Crippen LogP contribution in [0.15, 0.2) is 60.4 Å². The fourth-order valence-electron chi connectivity index (χ4n) is 8.01. The molecule has 2 aliphatic carbocycles. The predicted molar refractivity (Wildman–Crippen MR) is 157 cm³/mol. The first kappa shape index (κ1) is 29.8. The lowest BCUT2D eigenvalue weighted by atomic mass is 9.55. The summed E-state index contributed by atoms with van der Waals surface area (Å²) >= 11 is 6.07. The molecule has 4 aliphatic rings. The summed E-state index contributed by atoms with van der Waals surface area (Å²) in [7, 11) is 1.07. The standard InChI is InChI=1S/C33H34ClF3N2O4/c1-19-6-7-21(20-8-10-22(34)11-9-20)17-23(19)27-28(41)32(39-29(27)42)16-15-31(43-2,33(35,36)37)18-25(32)24-5-3-4-13-30(24)14-12-26(40)38-30/h6-12,14,17,24-25,41H,3-5,13,15-16,18H2,1-2H3,(H,38,40)(H,39,42)/t24?,25?,30-,31?,32?/m1/s1. The van der Waals surface area contributed by atoms with Crippen LogP contribution >= 0.6 is 11.6 Å². The zero-order valence-corrected chi connectivity index (χ0v) is 24.7. The van der Waals surface area contributed by atoms with E-state index in [4.69, 9.17) is 16.3 Å². The molecule has 2 amide bonds. The average Bonchev–Trinajstić information content (AvgIpc) is 3.45. The van der Waals surface area contributed by atoms with E-state index in [1.165, 1.54) is 6.08 Å². The number of ether oxygens (including phenoxy) is 1. The molecule has 5 atom stereocenters. The molecule has 6 nitrogen and oxygen atoms in total. The third kappa shape index (κ3) is 4.67. The first-order chi connectivity index (χ1) is 20.3. The fraction of sp³-hybridized carbons (Fsp3) is 0.455. The lowest BCUT2D eigenvalue weighted by Gasteiger charge is -2.56. The number of alkyl halides is 3. The van der Waals surface area contributed by atoms with Crippen molar-refractivity contribution in [2.75, 3.05) is 7.11 Å². The third-order valence-corrected chi connectivity index (χ3v) is 10.6. The van der Waals surface area contributed by atoms with Crippen LogP contribution in [0.3, 0.4) is 0 Å². The van der Waals surface area contributed by atoms with Gasteiger partial charge in [0.25, 0.3) is 5.91 Å². The topological polar surface area (TPSA) is 87.7 Å². The van der Waals surface area contributed by atoms with E-state index in [-0.39, 0.29) is 23.7 Å². The van der Waals surface area contributed by atoms with Gasteiger partial charge < -0.3 is 20.5 Å². The second kappa shape index (κ2) is 10.4. The van der Waals surface area contributed by atoms with Crippen molar-refractivity contribution in [3.8, 4) is 11.1 Å². The molecule has 2 aromatic rings. The second-order valence-corrected chi connectivity index (χ2v) is 12.8. The van der Waals surface area contributed by atoms with Gasteiger partial charge in [-0.15, -0.1) is 0 Å². The van der Waals surface area contributed by atoms with Gasteiger partial charge in [0.2, 0.25) is 5.91 Å². The molecule has 228 valence electrons. The molecule has 2 fully saturated rings. The Morgan fingerprint density at radius 3 is 2.35 bits per heavy atom. The summed E-state index contributed by atoms with van der Waals surface area (Å²) < 4.78 is 49.2. The minimum atomic E-state index is -4.67. The summed E-state index contributed by atoms with van der Waals surface area (Å²) in [6.45, 7) is 1.83. The van der Waals surface area contributed by atoms with E-state index in [1.807, 2.05) is 37.3 Å². The van der Waals surface area contributed by atoms with Crippen molar-refractivity contribution >= 4 is 29.0 Å². The van der Waals surface area contributed by atoms with Gasteiger partial charge in [-0.25, -0.2) is 0 Å². The molecule has 2 aliphatic heterocycles. The van der Waals surface area contributed by atoms with Crippen LogP contribution in [0.5, 0.6) is 0 Å². The molecule has 0 saturated heterocycles. The quantitative estimate of drug-likeness (QED) is 0.353. The van der Waals surface area contributed by atoms with Crippen LogP contribution in [-0.4, -0.2) is 46.9 Å². The number of nitrogens with one attached hydrogen (secondary N) is 2. The number of hydrogen-bond acceptors (Lipinski definition) is 4. The molecule has 43 heavy (non-hydrogen) atoms. The van der Waals surface area contributed by atoms with E-state index < -0.39 is 53.4 Å². The van der Waals surface area contributed by atoms with Gasteiger partial charge >= 0.3 is 6.18 Å². The fourth-order valence-corrected chi connectivity index (χ4v) is 8.14. The number of aryl methyl sites for hydroxylation is 1. The van der Waals surface area contributed by atoms with Gasteiger partial charge in [0.15, 0.2) is 5.60 Å². The third-order valence-electron chi connectivity index (χ3n) is 10.3. The van der Waals surface area contributed by atoms with Gasteiger partial charge in [0, 0.05) is 18.2 Å². The van der Waals surface area contributed by atoms with Crippen LogP contribution in [-0.2, 0) is 14.3 Å². The molecule has 6 rings (SSSR count). The van der Waals surface area contributed by atoms with Gasteiger partial charge in [-0.2, -0.15) is 13.2 Å². The van der Waals surface area contributed by atoms with Crippen LogP contribution in [0.4, 0.5) is 13.2 Å². The molecule has 0 aromatic heterocycles. The number of methoxy groups -OCH3 is 1. The van der Waals surface area contributed by atoms with Gasteiger partial charge in [-0.05, 0) is 91.3 Å². The van der Waals surface area contributed by atoms with Crippen LogP contribution in [0, 0.1) is 18.8 Å². The first-order valence-corrected chi connectivity index (χ1v) is 15.0. The molecule has 2 saturated carbocycles. The largest absolute Gasteiger partial charge is 0.509 e. The van der Waals surface area contributed by atoms with Crippen molar-refractivity contribution in [2.45, 2.75) is 74.7 Å². The molecule has 2 aromatic carbocycles. The molecule has 0 radical (unpaired) electrons. The molecule has 2 spiro atoms. The van der Waals surface area contributed by atoms with Crippen LogP contribution in [0.1, 0.15) is 56.1 Å². The van der Waals surface area contributed by atoms with Crippen molar-refractivity contribution in [3.63, 3.8) is 0 Å². The van der Waals surface area contributed by atoms with Crippen LogP contribution in [0.25, 0.3) is 16.7 Å². The SMILES string of the molecule is COC1(C(F)(F)F)CCC2(NC(=O)C(c3cc(-c4ccc(Cl)cc4)ccc3C)=C2O)C(C2CCCC[C@@]23C=CC(=O)N3)C1. The van der Waals surface area contributed by atoms with E-state index in [1.54, 1.807) is 18.2 Å². The number of aliphatic hydroxyl groups is 1. The molecular formula is C33H34ClF3N2O4. The normalized spacial score (nSPS) is 32.5. The summed E-state index contributed by atoms with van der Waals surface area (Å²) in [5.74, 6) is -2.45. The van der Waals surface area contributed by atoms with Crippen molar-refractivity contribution < 1.29 is 32.6 Å². The summed E-state index contributed by atoms with van der Waals surface area (Å²) in [6.07, 6.45) is 0.0805. The lowest BCUT2D eigenvalue weighted by Crippen LogP contribution is -2.67. The molecule has 0 bridgehead atoms. The molecule has 3 N–H and O–H groups in total. The highest BCUT2D eigenvalue weighted by molar-refractivity contribution is 6.30. The monoisotopic (exact) mass is 614 g/mol.